The Hall–Kier alpha value is -1.82. The van der Waals surface area contributed by atoms with E-state index in [1.54, 1.807) is 6.07 Å². The summed E-state index contributed by atoms with van der Waals surface area (Å²) in [6.45, 7) is 6.95. The van der Waals surface area contributed by atoms with Crippen molar-refractivity contribution in [1.82, 2.24) is 5.32 Å². The number of ether oxygens (including phenoxy) is 1. The van der Waals surface area contributed by atoms with Crippen LogP contribution in [0.5, 0.6) is 5.75 Å². The van der Waals surface area contributed by atoms with Gasteiger partial charge in [-0.15, -0.1) is 0 Å². The predicted molar refractivity (Wildman–Crippen MR) is 75.9 cm³/mol. The van der Waals surface area contributed by atoms with Crippen molar-refractivity contribution in [2.75, 3.05) is 31.6 Å². The van der Waals surface area contributed by atoms with Crippen LogP contribution in [-0.2, 0) is 0 Å². The summed E-state index contributed by atoms with van der Waals surface area (Å²) in [4.78, 5) is 10.4. The second-order valence-corrected chi connectivity index (χ2v) is 4.08. The van der Waals surface area contributed by atoms with Gasteiger partial charge in [-0.1, -0.05) is 6.92 Å². The van der Waals surface area contributed by atoms with Crippen molar-refractivity contribution < 1.29 is 9.66 Å². The van der Waals surface area contributed by atoms with Crippen LogP contribution in [0.4, 0.5) is 11.4 Å². The minimum atomic E-state index is -0.414. The van der Waals surface area contributed by atoms with E-state index in [-0.39, 0.29) is 5.69 Å². The number of nitro groups is 1. The molecule has 106 valence electrons. The zero-order chi connectivity index (χ0) is 14.1. The molecule has 0 radical (unpaired) electrons. The number of rotatable bonds is 9. The molecule has 0 saturated carbocycles. The smallest absolute Gasteiger partial charge is 0.275 e. The van der Waals surface area contributed by atoms with Crippen LogP contribution in [0.25, 0.3) is 0 Å². The van der Waals surface area contributed by atoms with Gasteiger partial charge in [0.25, 0.3) is 5.69 Å². The summed E-state index contributed by atoms with van der Waals surface area (Å²) in [5, 5.41) is 17.2. The molecular formula is C13H21N3O3. The van der Waals surface area contributed by atoms with Gasteiger partial charge in [-0.3, -0.25) is 10.1 Å². The highest BCUT2D eigenvalue weighted by molar-refractivity contribution is 5.56. The van der Waals surface area contributed by atoms with E-state index in [4.69, 9.17) is 4.74 Å². The van der Waals surface area contributed by atoms with Gasteiger partial charge in [0, 0.05) is 30.9 Å². The second kappa shape index (κ2) is 8.31. The van der Waals surface area contributed by atoms with E-state index in [1.807, 2.05) is 6.92 Å². The number of nitrogens with zero attached hydrogens (tertiary/aromatic N) is 1. The van der Waals surface area contributed by atoms with Crippen molar-refractivity contribution in [3.05, 3.63) is 28.3 Å². The van der Waals surface area contributed by atoms with Gasteiger partial charge in [-0.2, -0.15) is 0 Å². The molecule has 0 aliphatic rings. The van der Waals surface area contributed by atoms with Crippen LogP contribution in [0, 0.1) is 10.1 Å². The highest BCUT2D eigenvalue weighted by atomic mass is 16.6. The number of non-ortho nitro benzene ring substituents is 1. The zero-order valence-corrected chi connectivity index (χ0v) is 11.4. The number of nitro benzene ring substituents is 1. The van der Waals surface area contributed by atoms with Crippen LogP contribution >= 0.6 is 0 Å². The monoisotopic (exact) mass is 267 g/mol. The molecule has 0 saturated heterocycles. The topological polar surface area (TPSA) is 76.4 Å². The van der Waals surface area contributed by atoms with Crippen molar-refractivity contribution in [3.8, 4) is 5.75 Å². The molecule has 1 aromatic rings. The normalized spacial score (nSPS) is 10.2. The molecule has 0 aliphatic heterocycles. The Kier molecular flexibility index (Phi) is 6.67. The van der Waals surface area contributed by atoms with E-state index in [0.717, 1.165) is 19.5 Å². The fraction of sp³-hybridized carbons (Fsp3) is 0.538. The van der Waals surface area contributed by atoms with Gasteiger partial charge in [0.15, 0.2) is 0 Å². The summed E-state index contributed by atoms with van der Waals surface area (Å²) in [5.41, 5.74) is 0.742. The van der Waals surface area contributed by atoms with Gasteiger partial charge in [0.05, 0.1) is 17.6 Å². The first-order valence-corrected chi connectivity index (χ1v) is 6.54. The summed E-state index contributed by atoms with van der Waals surface area (Å²) >= 11 is 0. The van der Waals surface area contributed by atoms with Crippen LogP contribution < -0.4 is 15.4 Å². The molecule has 0 unspecified atom stereocenters. The summed E-state index contributed by atoms with van der Waals surface area (Å²) < 4.78 is 5.32. The molecule has 0 heterocycles. The van der Waals surface area contributed by atoms with E-state index in [2.05, 4.69) is 17.6 Å². The SMILES string of the molecule is CCCNCCNc1cc(OCC)cc([N+](=O)[O-])c1. The average Bonchev–Trinajstić information content (AvgIpc) is 2.38. The third kappa shape index (κ3) is 5.56. The Bertz CT molecular complexity index is 410. The van der Waals surface area contributed by atoms with Crippen molar-refractivity contribution >= 4 is 11.4 Å². The summed E-state index contributed by atoms with van der Waals surface area (Å²) in [7, 11) is 0. The molecule has 1 rings (SSSR count). The minimum absolute atomic E-state index is 0.0370. The molecule has 0 aromatic heterocycles. The highest BCUT2D eigenvalue weighted by Crippen LogP contribution is 2.25. The molecule has 6 heteroatoms. The quantitative estimate of drug-likeness (QED) is 0.408. The van der Waals surface area contributed by atoms with Gasteiger partial charge in [0.1, 0.15) is 5.75 Å². The first-order chi connectivity index (χ1) is 9.17. The number of nitrogens with one attached hydrogen (secondary N) is 2. The molecular weight excluding hydrogens is 246 g/mol. The molecule has 6 nitrogen and oxygen atoms in total. The van der Waals surface area contributed by atoms with Gasteiger partial charge < -0.3 is 15.4 Å². The second-order valence-electron chi connectivity index (χ2n) is 4.08. The molecule has 0 bridgehead atoms. The lowest BCUT2D eigenvalue weighted by Crippen LogP contribution is -2.22. The van der Waals surface area contributed by atoms with Crippen molar-refractivity contribution in [1.29, 1.82) is 0 Å². The summed E-state index contributed by atoms with van der Waals surface area (Å²) in [6, 6.07) is 4.72. The number of anilines is 1. The molecule has 0 atom stereocenters. The minimum Gasteiger partial charge on any atom is -0.494 e. The molecule has 0 aliphatic carbocycles. The molecule has 0 spiro atoms. The van der Waals surface area contributed by atoms with Gasteiger partial charge in [-0.25, -0.2) is 0 Å². The number of hydrogen-bond acceptors (Lipinski definition) is 5. The maximum absolute atomic E-state index is 10.8. The molecule has 19 heavy (non-hydrogen) atoms. The summed E-state index contributed by atoms with van der Waals surface area (Å²) in [5.74, 6) is 0.515. The lowest BCUT2D eigenvalue weighted by Gasteiger charge is -2.09. The fourth-order valence-corrected chi connectivity index (χ4v) is 1.64. The maximum Gasteiger partial charge on any atom is 0.275 e. The van der Waals surface area contributed by atoms with Crippen molar-refractivity contribution in [2.24, 2.45) is 0 Å². The van der Waals surface area contributed by atoms with E-state index >= 15 is 0 Å². The van der Waals surface area contributed by atoms with Crippen LogP contribution in [0.2, 0.25) is 0 Å². The summed E-state index contributed by atoms with van der Waals surface area (Å²) in [6.07, 6.45) is 1.09. The Morgan fingerprint density at radius 3 is 2.63 bits per heavy atom. The van der Waals surface area contributed by atoms with Crippen molar-refractivity contribution in [3.63, 3.8) is 0 Å². The standard InChI is InChI=1S/C13H21N3O3/c1-3-5-14-6-7-15-11-8-12(16(17)18)10-13(9-11)19-4-2/h8-10,14-15H,3-7H2,1-2H3. The van der Waals surface area contributed by atoms with E-state index in [1.165, 1.54) is 12.1 Å². The first-order valence-electron chi connectivity index (χ1n) is 6.54. The fourth-order valence-electron chi connectivity index (χ4n) is 1.64. The lowest BCUT2D eigenvalue weighted by atomic mass is 10.2. The molecule has 1 aromatic carbocycles. The molecule has 0 fully saturated rings. The Labute approximate surface area is 113 Å². The van der Waals surface area contributed by atoms with Gasteiger partial charge in [0.2, 0.25) is 0 Å². The van der Waals surface area contributed by atoms with Crippen LogP contribution in [0.15, 0.2) is 18.2 Å². The van der Waals surface area contributed by atoms with E-state index in [0.29, 0.717) is 24.6 Å². The first kappa shape index (κ1) is 15.2. The molecule has 2 N–H and O–H groups in total. The number of hydrogen-bond donors (Lipinski definition) is 2. The Morgan fingerprint density at radius 1 is 1.21 bits per heavy atom. The highest BCUT2D eigenvalue weighted by Gasteiger charge is 2.10. The third-order valence-electron chi connectivity index (χ3n) is 2.47. The number of benzene rings is 1. The largest absolute Gasteiger partial charge is 0.494 e. The van der Waals surface area contributed by atoms with Gasteiger partial charge in [-0.05, 0) is 19.9 Å². The van der Waals surface area contributed by atoms with Crippen molar-refractivity contribution in [2.45, 2.75) is 20.3 Å². The van der Waals surface area contributed by atoms with Crippen LogP contribution in [0.1, 0.15) is 20.3 Å². The lowest BCUT2D eigenvalue weighted by molar-refractivity contribution is -0.384. The average molecular weight is 267 g/mol. The predicted octanol–water partition coefficient (Wildman–Crippen LogP) is 2.41. The third-order valence-corrected chi connectivity index (χ3v) is 2.47. The Balaban J connectivity index is 2.62. The Morgan fingerprint density at radius 2 is 2.00 bits per heavy atom. The van der Waals surface area contributed by atoms with Crippen LogP contribution in [-0.4, -0.2) is 31.2 Å². The molecule has 0 amide bonds. The van der Waals surface area contributed by atoms with Crippen LogP contribution in [0.3, 0.4) is 0 Å². The van der Waals surface area contributed by atoms with E-state index < -0.39 is 4.92 Å². The zero-order valence-electron chi connectivity index (χ0n) is 11.4. The van der Waals surface area contributed by atoms with E-state index in [9.17, 15) is 10.1 Å². The maximum atomic E-state index is 10.8. The van der Waals surface area contributed by atoms with Gasteiger partial charge >= 0.3 is 0 Å².